The van der Waals surface area contributed by atoms with E-state index in [0.717, 1.165) is 38.5 Å². The number of hydrogen-bond acceptors (Lipinski definition) is 22. The molecule has 0 spiro atoms. The molecule has 0 aromatic carbocycles. The highest BCUT2D eigenvalue weighted by atomic mass is 16.8. The van der Waals surface area contributed by atoms with E-state index >= 15 is 0 Å². The average molecular weight is 1090 g/mol. The summed E-state index contributed by atoms with van der Waals surface area (Å²) in [6.45, 7) is 11.3. The van der Waals surface area contributed by atoms with Crippen molar-refractivity contribution in [2.75, 3.05) is 33.0 Å². The van der Waals surface area contributed by atoms with Gasteiger partial charge in [-0.05, 0) is 111 Å². The molecule has 29 unspecified atom stereocenters. The first-order chi connectivity index (χ1) is 35.7. The lowest BCUT2D eigenvalue weighted by molar-refractivity contribution is -0.387. The zero-order valence-corrected chi connectivity index (χ0v) is 44.4. The van der Waals surface area contributed by atoms with E-state index in [4.69, 9.17) is 37.9 Å². The number of carbonyl (C=O) groups is 1. The van der Waals surface area contributed by atoms with Gasteiger partial charge in [0, 0.05) is 17.4 Å². The number of fused-ring (bicyclic) bond motifs is 7. The SMILES string of the molecule is CC1OC(OC2C(OC3C(OC4CCC5(C)C(CCC6(C)C5CC=C5C7CC(C)(COC8OC(CO)C(O)C(O)C8O)CCC7(CO)CCC56C)C4(C)CO)OC(C(=O)O)C(O)C3O)OCC(O)C2O)C(O)C(O)C1O. The molecule has 436 valence electrons. The maximum atomic E-state index is 12.5. The van der Waals surface area contributed by atoms with E-state index in [0.29, 0.717) is 25.7 Å². The van der Waals surface area contributed by atoms with Gasteiger partial charge < -0.3 is 109 Å². The number of rotatable bonds is 13. The summed E-state index contributed by atoms with van der Waals surface area (Å²) in [6, 6.07) is 0. The molecule has 8 fully saturated rings. The fourth-order valence-electron chi connectivity index (χ4n) is 16.3. The van der Waals surface area contributed by atoms with Gasteiger partial charge >= 0.3 is 5.97 Å². The Hall–Kier alpha value is -1.63. The van der Waals surface area contributed by atoms with Crippen molar-refractivity contribution >= 4 is 5.97 Å². The molecule has 5 aliphatic carbocycles. The van der Waals surface area contributed by atoms with Crippen LogP contribution in [0.3, 0.4) is 0 Å². The number of carboxylic acid groups (broad SMARTS) is 1. The molecule has 29 atom stereocenters. The molecule has 0 amide bonds. The summed E-state index contributed by atoms with van der Waals surface area (Å²) >= 11 is 0. The van der Waals surface area contributed by atoms with Gasteiger partial charge in [-0.1, -0.05) is 46.3 Å². The molecule has 4 aliphatic heterocycles. The third-order valence-electron chi connectivity index (χ3n) is 21.4. The number of aliphatic hydroxyl groups is 13. The second-order valence-corrected chi connectivity index (χ2v) is 25.6. The summed E-state index contributed by atoms with van der Waals surface area (Å²) < 4.78 is 48.0. The van der Waals surface area contributed by atoms with Crippen LogP contribution in [0.2, 0.25) is 0 Å². The molecule has 23 heteroatoms. The number of hydrogen-bond donors (Lipinski definition) is 14. The van der Waals surface area contributed by atoms with Crippen LogP contribution in [0, 0.1) is 50.2 Å². The van der Waals surface area contributed by atoms with Gasteiger partial charge in [-0.3, -0.25) is 0 Å². The fraction of sp³-hybridized carbons (Fsp3) is 0.943. The van der Waals surface area contributed by atoms with Crippen LogP contribution >= 0.6 is 0 Å². The topological polar surface area (TPSA) is 374 Å². The number of ether oxygens (including phenoxy) is 8. The summed E-state index contributed by atoms with van der Waals surface area (Å²) in [4.78, 5) is 12.5. The van der Waals surface area contributed by atoms with Crippen molar-refractivity contribution in [1.82, 2.24) is 0 Å². The summed E-state index contributed by atoms with van der Waals surface area (Å²) in [6.07, 6.45) is -22.4. The number of aliphatic hydroxyl groups excluding tert-OH is 13. The summed E-state index contributed by atoms with van der Waals surface area (Å²) in [5.74, 6) is -1.62. The molecular weight excluding hydrogens is 1000 g/mol. The van der Waals surface area contributed by atoms with Crippen LogP contribution < -0.4 is 0 Å². The number of aliphatic carboxylic acids is 1. The van der Waals surface area contributed by atoms with Crippen molar-refractivity contribution in [3.63, 3.8) is 0 Å². The minimum absolute atomic E-state index is 0.00435. The third-order valence-corrected chi connectivity index (χ3v) is 21.4. The van der Waals surface area contributed by atoms with Gasteiger partial charge in [0.05, 0.1) is 38.6 Å². The Labute approximate surface area is 442 Å². The van der Waals surface area contributed by atoms with E-state index < -0.39 is 153 Å². The Morgan fingerprint density at radius 1 is 0.645 bits per heavy atom. The van der Waals surface area contributed by atoms with Gasteiger partial charge in [0.2, 0.25) is 0 Å². The van der Waals surface area contributed by atoms with Crippen LogP contribution in [0.4, 0.5) is 0 Å². The molecule has 23 nitrogen and oxygen atoms in total. The van der Waals surface area contributed by atoms with Crippen LogP contribution in [0.25, 0.3) is 0 Å². The number of carboxylic acids is 1. The van der Waals surface area contributed by atoms with Crippen LogP contribution in [-0.4, -0.2) is 233 Å². The molecule has 4 saturated heterocycles. The Balaban J connectivity index is 0.952. The van der Waals surface area contributed by atoms with Crippen molar-refractivity contribution in [3.8, 4) is 0 Å². The van der Waals surface area contributed by atoms with Gasteiger partial charge in [-0.15, -0.1) is 0 Å². The van der Waals surface area contributed by atoms with E-state index in [2.05, 4.69) is 33.8 Å². The van der Waals surface area contributed by atoms with E-state index in [1.807, 2.05) is 6.92 Å². The largest absolute Gasteiger partial charge is 0.479 e. The predicted octanol–water partition coefficient (Wildman–Crippen LogP) is -1.86. The lowest BCUT2D eigenvalue weighted by atomic mass is 9.33. The van der Waals surface area contributed by atoms with Crippen molar-refractivity contribution in [2.45, 2.75) is 229 Å². The van der Waals surface area contributed by atoms with Gasteiger partial charge in [0.25, 0.3) is 0 Å². The maximum Gasteiger partial charge on any atom is 0.335 e. The molecular formula is C53H86O23. The molecule has 9 aliphatic rings. The number of allylic oxidation sites excluding steroid dienone is 2. The van der Waals surface area contributed by atoms with Crippen LogP contribution in [0.5, 0.6) is 0 Å². The van der Waals surface area contributed by atoms with Crippen LogP contribution in [-0.2, 0) is 42.7 Å². The Morgan fingerprint density at radius 2 is 1.30 bits per heavy atom. The second-order valence-electron chi connectivity index (χ2n) is 25.6. The third kappa shape index (κ3) is 9.56. The van der Waals surface area contributed by atoms with Gasteiger partial charge in [0.15, 0.2) is 31.3 Å². The molecule has 0 radical (unpaired) electrons. The highest BCUT2D eigenvalue weighted by Gasteiger charge is 2.70. The molecule has 9 rings (SSSR count). The summed E-state index contributed by atoms with van der Waals surface area (Å²) in [5.41, 5.74) is -1.32. The molecule has 4 saturated carbocycles. The van der Waals surface area contributed by atoms with Crippen molar-refractivity contribution < 1.29 is 114 Å². The van der Waals surface area contributed by atoms with E-state index in [1.54, 1.807) is 0 Å². The van der Waals surface area contributed by atoms with Crippen molar-refractivity contribution in [2.24, 2.45) is 50.2 Å². The summed E-state index contributed by atoms with van der Waals surface area (Å²) in [5, 5.41) is 151. The molecule has 14 N–H and O–H groups in total. The smallest absolute Gasteiger partial charge is 0.335 e. The van der Waals surface area contributed by atoms with E-state index in [1.165, 1.54) is 12.5 Å². The van der Waals surface area contributed by atoms with Crippen LogP contribution in [0.1, 0.15) is 106 Å². The molecule has 4 heterocycles. The van der Waals surface area contributed by atoms with Gasteiger partial charge in [0.1, 0.15) is 79.4 Å². The molecule has 0 aromatic heterocycles. The standard InChI is InChI=1S/C53H86O23/c1-23-31(58)34(61)39(66)45(71-23)75-41-32(59)26(57)19-69-46(41)76-42-37(64)36(63)40(43(67)68)74-47(42)73-30-10-11-49(3)28(50(30,4)20-55)9-12-52(6)29(49)8-7-24-25-17-48(2,13-15-53(25,21-56)16-14-51(24,52)5)22-70-44-38(65)35(62)33(60)27(18-54)72-44/h7,23,25-42,44-47,54-66H,8-22H2,1-6H3,(H,67,68). The predicted molar refractivity (Wildman–Crippen MR) is 259 cm³/mol. The minimum Gasteiger partial charge on any atom is -0.479 e. The highest BCUT2D eigenvalue weighted by Crippen LogP contribution is 2.76. The van der Waals surface area contributed by atoms with Crippen molar-refractivity contribution in [1.29, 1.82) is 0 Å². The van der Waals surface area contributed by atoms with Gasteiger partial charge in [-0.2, -0.15) is 0 Å². The van der Waals surface area contributed by atoms with E-state index in [-0.39, 0.29) is 59.2 Å². The first kappa shape index (κ1) is 59.0. The Kier molecular flexibility index (Phi) is 16.8. The molecule has 0 bridgehead atoms. The second kappa shape index (κ2) is 21.6. The minimum atomic E-state index is -2.06. The normalized spacial score (nSPS) is 55.6. The Morgan fingerprint density at radius 3 is 1.97 bits per heavy atom. The van der Waals surface area contributed by atoms with E-state index in [9.17, 15) is 76.3 Å². The maximum absolute atomic E-state index is 12.5. The molecule has 0 aromatic rings. The Bertz CT molecular complexity index is 2090. The first-order valence-electron chi connectivity index (χ1n) is 27.4. The monoisotopic (exact) mass is 1090 g/mol. The summed E-state index contributed by atoms with van der Waals surface area (Å²) in [7, 11) is 0. The quantitative estimate of drug-likeness (QED) is 0.0710. The zero-order chi connectivity index (χ0) is 55.4. The van der Waals surface area contributed by atoms with Gasteiger partial charge in [-0.25, -0.2) is 4.79 Å². The van der Waals surface area contributed by atoms with Crippen molar-refractivity contribution in [3.05, 3.63) is 11.6 Å². The lowest BCUT2D eigenvalue weighted by Crippen LogP contribution is -2.68. The average Bonchev–Trinajstić information content (AvgIpc) is 3.54. The lowest BCUT2D eigenvalue weighted by Gasteiger charge is -2.71. The zero-order valence-electron chi connectivity index (χ0n) is 44.4. The highest BCUT2D eigenvalue weighted by molar-refractivity contribution is 5.73. The first-order valence-corrected chi connectivity index (χ1v) is 27.4. The fourth-order valence-corrected chi connectivity index (χ4v) is 16.3. The van der Waals surface area contributed by atoms with Crippen LogP contribution in [0.15, 0.2) is 11.6 Å². The molecule has 76 heavy (non-hydrogen) atoms.